The van der Waals surface area contributed by atoms with Crippen molar-refractivity contribution >= 4 is 40.4 Å². The number of quaternary nitrogens is 1. The van der Waals surface area contributed by atoms with Gasteiger partial charge in [0, 0.05) is 23.4 Å². The Morgan fingerprint density at radius 3 is 2.77 bits per heavy atom. The Bertz CT molecular complexity index is 1450. The minimum atomic E-state index is -1.45. The molecule has 4 atom stereocenters. The van der Waals surface area contributed by atoms with Crippen molar-refractivity contribution in [1.82, 2.24) is 29.7 Å². The second-order valence-corrected chi connectivity index (χ2v) is 9.83. The Kier molecular flexibility index (Phi) is 6.34. The highest BCUT2D eigenvalue weighted by atomic mass is 16.6. The van der Waals surface area contributed by atoms with Gasteiger partial charge in [-0.1, -0.05) is 6.07 Å². The topological polar surface area (TPSA) is 202 Å². The maximum atomic E-state index is 13.2. The normalized spacial score (nSPS) is 25.1. The summed E-state index contributed by atoms with van der Waals surface area (Å²) < 4.78 is 7.25. The highest BCUT2D eigenvalue weighted by Crippen LogP contribution is 2.33. The second-order valence-electron chi connectivity index (χ2n) is 9.83. The van der Waals surface area contributed by atoms with Crippen molar-refractivity contribution in [1.29, 1.82) is 0 Å². The Labute approximate surface area is 221 Å². The van der Waals surface area contributed by atoms with Crippen LogP contribution < -0.4 is 21.3 Å². The number of hydrogen-bond donors (Lipinski definition) is 6. The zero-order valence-electron chi connectivity index (χ0n) is 20.8. The lowest BCUT2D eigenvalue weighted by atomic mass is 10.1. The molecule has 2 saturated heterocycles. The monoisotopic (exact) mass is 538 g/mol. The number of nitrogens with one attached hydrogen (secondary N) is 3. The third kappa shape index (κ3) is 4.44. The van der Waals surface area contributed by atoms with Crippen LogP contribution in [0.25, 0.3) is 11.2 Å². The zero-order valence-corrected chi connectivity index (χ0v) is 20.8. The maximum absolute atomic E-state index is 13.2. The van der Waals surface area contributed by atoms with Crippen LogP contribution in [0.15, 0.2) is 30.9 Å². The summed E-state index contributed by atoms with van der Waals surface area (Å²) in [5, 5.41) is 27.0. The lowest BCUT2D eigenvalue weighted by Crippen LogP contribution is -3.15. The summed E-state index contributed by atoms with van der Waals surface area (Å²) in [5.74, 6) is -0.619. The molecular weight excluding hydrogens is 510 g/mol. The minimum absolute atomic E-state index is 0.153. The van der Waals surface area contributed by atoms with Crippen molar-refractivity contribution in [3.63, 3.8) is 0 Å². The summed E-state index contributed by atoms with van der Waals surface area (Å²) in [5.41, 5.74) is 8.41. The third-order valence-electron chi connectivity index (χ3n) is 7.46. The number of piperazine rings is 1. The molecule has 3 aliphatic rings. The Balaban J connectivity index is 1.05. The lowest BCUT2D eigenvalue weighted by Gasteiger charge is -2.33. The van der Waals surface area contributed by atoms with E-state index in [2.05, 4.69) is 25.6 Å². The van der Waals surface area contributed by atoms with Crippen molar-refractivity contribution in [3.05, 3.63) is 42.0 Å². The number of carbonyl (C=O) groups is 3. The predicted octanol–water partition coefficient (Wildman–Crippen LogP) is -3.36. The fourth-order valence-corrected chi connectivity index (χ4v) is 5.34. The number of ether oxygens (including phenoxy) is 1. The Morgan fingerprint density at radius 2 is 1.97 bits per heavy atom. The summed E-state index contributed by atoms with van der Waals surface area (Å²) in [4.78, 5) is 52.5. The highest BCUT2D eigenvalue weighted by Gasteiger charge is 2.49. The van der Waals surface area contributed by atoms with E-state index < -0.39 is 30.4 Å². The molecule has 5 heterocycles. The molecule has 1 aromatic carbocycles. The number of aliphatic hydroxyl groups excluding tert-OH is 2. The summed E-state index contributed by atoms with van der Waals surface area (Å²) >= 11 is 0. The molecule has 2 fully saturated rings. The third-order valence-corrected chi connectivity index (χ3v) is 7.46. The van der Waals surface area contributed by atoms with E-state index in [1.165, 1.54) is 17.2 Å². The number of imidazole rings is 1. The summed E-state index contributed by atoms with van der Waals surface area (Å²) in [7, 11) is 0. The van der Waals surface area contributed by atoms with Gasteiger partial charge < -0.3 is 41.1 Å². The summed E-state index contributed by atoms with van der Waals surface area (Å²) in [6.07, 6.45) is -2.59. The average molecular weight is 539 g/mol. The van der Waals surface area contributed by atoms with Gasteiger partial charge in [-0.25, -0.2) is 15.0 Å². The molecule has 0 bridgehead atoms. The van der Waals surface area contributed by atoms with Crippen LogP contribution in [0.2, 0.25) is 0 Å². The van der Waals surface area contributed by atoms with Crippen LogP contribution in [-0.4, -0.2) is 103 Å². The van der Waals surface area contributed by atoms with Gasteiger partial charge in [0.15, 0.2) is 30.3 Å². The first-order valence-electron chi connectivity index (χ1n) is 12.6. The van der Waals surface area contributed by atoms with E-state index in [0.717, 1.165) is 10.5 Å². The van der Waals surface area contributed by atoms with Crippen molar-refractivity contribution in [2.24, 2.45) is 0 Å². The minimum Gasteiger partial charge on any atom is -0.387 e. The first-order chi connectivity index (χ1) is 18.8. The lowest BCUT2D eigenvalue weighted by molar-refractivity contribution is -0.895. The van der Waals surface area contributed by atoms with E-state index in [4.69, 9.17) is 10.5 Å². The maximum Gasteiger partial charge on any atom is 0.279 e. The molecule has 6 rings (SSSR count). The number of fused-ring (bicyclic) bond motifs is 2. The molecule has 0 radical (unpaired) electrons. The van der Waals surface area contributed by atoms with E-state index in [9.17, 15) is 24.6 Å². The van der Waals surface area contributed by atoms with E-state index >= 15 is 0 Å². The van der Waals surface area contributed by atoms with E-state index in [-0.39, 0.29) is 24.2 Å². The van der Waals surface area contributed by atoms with Crippen molar-refractivity contribution in [2.45, 2.75) is 31.1 Å². The van der Waals surface area contributed by atoms with E-state index in [1.807, 2.05) is 0 Å². The van der Waals surface area contributed by atoms with E-state index in [1.54, 1.807) is 23.1 Å². The molecule has 7 N–H and O–H groups in total. The Morgan fingerprint density at radius 1 is 1.18 bits per heavy atom. The molecule has 15 nitrogen and oxygen atoms in total. The molecule has 204 valence electrons. The molecule has 2 aromatic heterocycles. The molecule has 3 aromatic rings. The number of nitrogens with two attached hydrogens (primary N) is 1. The molecule has 0 unspecified atom stereocenters. The van der Waals surface area contributed by atoms with Crippen LogP contribution in [0.5, 0.6) is 0 Å². The summed E-state index contributed by atoms with van der Waals surface area (Å²) in [6.45, 7) is 2.32. The van der Waals surface area contributed by atoms with Gasteiger partial charge in [0.1, 0.15) is 24.1 Å². The number of aromatic nitrogens is 4. The fourth-order valence-electron chi connectivity index (χ4n) is 5.34. The van der Waals surface area contributed by atoms with Gasteiger partial charge in [-0.05, 0) is 12.1 Å². The smallest absolute Gasteiger partial charge is 0.279 e. The first kappa shape index (κ1) is 25.1. The molecule has 0 saturated carbocycles. The first-order valence-corrected chi connectivity index (χ1v) is 12.6. The van der Waals surface area contributed by atoms with Crippen molar-refractivity contribution < 1.29 is 34.2 Å². The number of nitrogen functional groups attached to an aromatic ring is 1. The molecule has 39 heavy (non-hydrogen) atoms. The van der Waals surface area contributed by atoms with Gasteiger partial charge in [0.05, 0.1) is 32.5 Å². The largest absolute Gasteiger partial charge is 0.387 e. The van der Waals surface area contributed by atoms with Crippen molar-refractivity contribution in [3.8, 4) is 0 Å². The SMILES string of the molecule is Nc1ncnc2c1ncn2[C@@H]1O[C@H](C(=O)N2CC[NH+](CC(=O)Nc3cccc4c3CNC4=O)CC2)[C@@H](O)[C@@H]1O. The number of hydrogen-bond acceptors (Lipinski definition) is 10. The number of anilines is 2. The number of nitrogens with zero attached hydrogens (tertiary/aromatic N) is 5. The summed E-state index contributed by atoms with van der Waals surface area (Å²) in [6, 6.07) is 5.23. The number of rotatable bonds is 5. The van der Waals surface area contributed by atoms with Gasteiger partial charge in [0.25, 0.3) is 17.7 Å². The fraction of sp³-hybridized carbons (Fsp3) is 0.417. The van der Waals surface area contributed by atoms with Gasteiger partial charge in [-0.15, -0.1) is 0 Å². The van der Waals surface area contributed by atoms with Crippen LogP contribution in [0.3, 0.4) is 0 Å². The Hall–Kier alpha value is -4.18. The van der Waals surface area contributed by atoms with Crippen LogP contribution in [0, 0.1) is 0 Å². The van der Waals surface area contributed by atoms with Crippen LogP contribution in [-0.2, 0) is 20.9 Å². The molecule has 0 aliphatic carbocycles. The van der Waals surface area contributed by atoms with Gasteiger partial charge >= 0.3 is 0 Å². The standard InChI is InChI=1S/C24H27N9O6/c25-20-16-21(28-10-27-20)33(11-29-16)24-18(36)17(35)19(39-24)23(38)32-6-4-31(5-7-32)9-15(34)30-14-3-1-2-12-13(14)8-26-22(12)37/h1-3,10-11,17-19,24,35-36H,4-9H2,(H,26,37)(H,30,34)(H2,25,27,28)/p+1/t17-,18-,19-,24+/m0/s1. The van der Waals surface area contributed by atoms with E-state index in [0.29, 0.717) is 55.1 Å². The zero-order chi connectivity index (χ0) is 27.3. The molecule has 3 aliphatic heterocycles. The van der Waals surface area contributed by atoms with Gasteiger partial charge in [0.2, 0.25) is 0 Å². The second kappa shape index (κ2) is 9.85. The average Bonchev–Trinajstić information content (AvgIpc) is 3.61. The van der Waals surface area contributed by atoms with Gasteiger partial charge in [-0.2, -0.15) is 0 Å². The number of amides is 3. The quantitative estimate of drug-likeness (QED) is 0.190. The molecule has 3 amide bonds. The number of carbonyl (C=O) groups excluding carboxylic acids is 3. The van der Waals surface area contributed by atoms with Crippen LogP contribution in [0.1, 0.15) is 22.1 Å². The molecule has 15 heteroatoms. The van der Waals surface area contributed by atoms with Crippen LogP contribution in [0.4, 0.5) is 11.5 Å². The van der Waals surface area contributed by atoms with Gasteiger partial charge in [-0.3, -0.25) is 19.0 Å². The van der Waals surface area contributed by atoms with Crippen molar-refractivity contribution in [2.75, 3.05) is 43.8 Å². The predicted molar refractivity (Wildman–Crippen MR) is 134 cm³/mol. The number of aliphatic hydroxyl groups is 2. The molecular formula is C24H28N9O6+. The highest BCUT2D eigenvalue weighted by molar-refractivity contribution is 6.02. The number of benzene rings is 1. The van der Waals surface area contributed by atoms with Crippen LogP contribution >= 0.6 is 0 Å². The molecule has 0 spiro atoms.